The molecule has 0 bridgehead atoms. The lowest BCUT2D eigenvalue weighted by Crippen LogP contribution is -2.36. The van der Waals surface area contributed by atoms with Crippen molar-refractivity contribution in [3.05, 3.63) is 45.6 Å². The van der Waals surface area contributed by atoms with Crippen molar-refractivity contribution in [1.29, 1.82) is 0 Å². The van der Waals surface area contributed by atoms with E-state index in [1.54, 1.807) is 17.4 Å². The summed E-state index contributed by atoms with van der Waals surface area (Å²) in [6.07, 6.45) is 0. The summed E-state index contributed by atoms with van der Waals surface area (Å²) in [5, 5.41) is 18.5. The highest BCUT2D eigenvalue weighted by molar-refractivity contribution is 7.10. The van der Waals surface area contributed by atoms with Crippen molar-refractivity contribution < 1.29 is 9.84 Å². The van der Waals surface area contributed by atoms with Crippen molar-refractivity contribution in [2.75, 3.05) is 13.2 Å². The fraction of sp³-hybridized carbons (Fsp3) is 0.389. The van der Waals surface area contributed by atoms with Crippen LogP contribution in [0.4, 0.5) is 0 Å². The van der Waals surface area contributed by atoms with Gasteiger partial charge in [-0.1, -0.05) is 6.07 Å². The molecular formula is C18H25N3O2S. The molecule has 0 saturated heterocycles. The van der Waals surface area contributed by atoms with Gasteiger partial charge in [0.2, 0.25) is 0 Å². The zero-order valence-corrected chi connectivity index (χ0v) is 15.2. The van der Waals surface area contributed by atoms with E-state index in [4.69, 9.17) is 4.74 Å². The molecule has 0 amide bonds. The molecule has 0 fully saturated rings. The highest BCUT2D eigenvalue weighted by atomic mass is 32.1. The first-order chi connectivity index (χ1) is 11.6. The Morgan fingerprint density at radius 2 is 2.08 bits per heavy atom. The molecule has 2 rings (SSSR count). The van der Waals surface area contributed by atoms with E-state index in [1.165, 1.54) is 10.4 Å². The predicted molar refractivity (Wildman–Crippen MR) is 100.0 cm³/mol. The monoisotopic (exact) mass is 347 g/mol. The SMILES string of the molecule is CCNC(=NCc1ccc(O)c(OCC)c1)NCc1sccc1C. The van der Waals surface area contributed by atoms with Crippen LogP contribution in [0.15, 0.2) is 34.6 Å². The van der Waals surface area contributed by atoms with Crippen LogP contribution in [0.1, 0.15) is 29.9 Å². The Kier molecular flexibility index (Phi) is 6.93. The van der Waals surface area contributed by atoms with E-state index >= 15 is 0 Å². The van der Waals surface area contributed by atoms with E-state index in [1.807, 2.05) is 26.0 Å². The molecule has 0 aliphatic carbocycles. The fourth-order valence-electron chi connectivity index (χ4n) is 2.19. The molecule has 2 aromatic rings. The Morgan fingerprint density at radius 3 is 2.75 bits per heavy atom. The second-order valence-corrected chi connectivity index (χ2v) is 6.31. The van der Waals surface area contributed by atoms with E-state index in [0.29, 0.717) is 18.9 Å². The lowest BCUT2D eigenvalue weighted by Gasteiger charge is -2.12. The van der Waals surface area contributed by atoms with Gasteiger partial charge in [0.1, 0.15) is 0 Å². The van der Waals surface area contributed by atoms with Crippen molar-refractivity contribution in [3.63, 3.8) is 0 Å². The summed E-state index contributed by atoms with van der Waals surface area (Å²) in [7, 11) is 0. The number of ether oxygens (including phenoxy) is 1. The number of hydrogen-bond acceptors (Lipinski definition) is 4. The highest BCUT2D eigenvalue weighted by Gasteiger charge is 2.05. The normalized spacial score (nSPS) is 11.4. The van der Waals surface area contributed by atoms with Crippen LogP contribution in [0.25, 0.3) is 0 Å². The lowest BCUT2D eigenvalue weighted by atomic mass is 10.2. The van der Waals surface area contributed by atoms with Crippen LogP contribution in [0.5, 0.6) is 11.5 Å². The molecule has 1 aromatic heterocycles. The molecule has 0 atom stereocenters. The Morgan fingerprint density at radius 1 is 1.25 bits per heavy atom. The molecule has 3 N–H and O–H groups in total. The van der Waals surface area contributed by atoms with E-state index in [0.717, 1.165) is 24.6 Å². The van der Waals surface area contributed by atoms with Crippen LogP contribution in [-0.4, -0.2) is 24.2 Å². The quantitative estimate of drug-likeness (QED) is 0.530. The maximum Gasteiger partial charge on any atom is 0.191 e. The van der Waals surface area contributed by atoms with Gasteiger partial charge >= 0.3 is 0 Å². The molecule has 0 spiro atoms. The summed E-state index contributed by atoms with van der Waals surface area (Å²) in [5.41, 5.74) is 2.28. The van der Waals surface area contributed by atoms with Gasteiger partial charge in [0.25, 0.3) is 0 Å². The lowest BCUT2D eigenvalue weighted by molar-refractivity contribution is 0.318. The number of hydrogen-bond donors (Lipinski definition) is 3. The predicted octanol–water partition coefficient (Wildman–Crippen LogP) is 3.42. The molecule has 5 nitrogen and oxygen atoms in total. The van der Waals surface area contributed by atoms with Gasteiger partial charge in [0, 0.05) is 11.4 Å². The van der Waals surface area contributed by atoms with Gasteiger partial charge in [0.05, 0.1) is 19.7 Å². The highest BCUT2D eigenvalue weighted by Crippen LogP contribution is 2.27. The van der Waals surface area contributed by atoms with E-state index in [-0.39, 0.29) is 5.75 Å². The molecule has 1 aromatic carbocycles. The average Bonchev–Trinajstić information content (AvgIpc) is 2.98. The minimum absolute atomic E-state index is 0.155. The Hall–Kier alpha value is -2.21. The van der Waals surface area contributed by atoms with Gasteiger partial charge in [-0.2, -0.15) is 0 Å². The Labute approximate surface area is 147 Å². The topological polar surface area (TPSA) is 65.9 Å². The summed E-state index contributed by atoms with van der Waals surface area (Å²) in [6, 6.07) is 7.45. The maximum absolute atomic E-state index is 9.76. The van der Waals surface area contributed by atoms with Crippen molar-refractivity contribution in [2.24, 2.45) is 4.99 Å². The number of rotatable bonds is 7. The molecule has 0 aliphatic heterocycles. The third kappa shape index (κ3) is 5.16. The molecular weight excluding hydrogens is 322 g/mol. The van der Waals surface area contributed by atoms with Gasteiger partial charge in [-0.25, -0.2) is 4.99 Å². The first-order valence-corrected chi connectivity index (χ1v) is 9.01. The second kappa shape index (κ2) is 9.17. The van der Waals surface area contributed by atoms with Gasteiger partial charge in [-0.3, -0.25) is 0 Å². The Balaban J connectivity index is 2.02. The second-order valence-electron chi connectivity index (χ2n) is 5.31. The first kappa shape index (κ1) is 18.1. The van der Waals surface area contributed by atoms with Crippen molar-refractivity contribution >= 4 is 17.3 Å². The van der Waals surface area contributed by atoms with Crippen molar-refractivity contribution in [1.82, 2.24) is 10.6 Å². The minimum Gasteiger partial charge on any atom is -0.504 e. The summed E-state index contributed by atoms with van der Waals surface area (Å²) in [5.74, 6) is 1.43. The molecule has 6 heteroatoms. The fourth-order valence-corrected chi connectivity index (χ4v) is 3.04. The largest absolute Gasteiger partial charge is 0.504 e. The number of aryl methyl sites for hydroxylation is 1. The number of benzene rings is 1. The Bertz CT molecular complexity index is 683. The number of aromatic hydroxyl groups is 1. The molecule has 24 heavy (non-hydrogen) atoms. The van der Waals surface area contributed by atoms with Crippen LogP contribution in [0.3, 0.4) is 0 Å². The number of guanidine groups is 1. The number of phenols is 1. The molecule has 1 heterocycles. The van der Waals surface area contributed by atoms with Crippen LogP contribution in [0, 0.1) is 6.92 Å². The molecule has 0 radical (unpaired) electrons. The summed E-state index contributed by atoms with van der Waals surface area (Å²) < 4.78 is 5.41. The number of thiophene rings is 1. The number of aliphatic imine (C=N–C) groups is 1. The minimum atomic E-state index is 0.155. The van der Waals surface area contributed by atoms with Gasteiger partial charge in [-0.15, -0.1) is 11.3 Å². The molecule has 0 saturated carbocycles. The molecule has 130 valence electrons. The summed E-state index contributed by atoms with van der Waals surface area (Å²) in [4.78, 5) is 5.91. The van der Waals surface area contributed by atoms with Gasteiger partial charge < -0.3 is 20.5 Å². The third-order valence-electron chi connectivity index (χ3n) is 3.47. The van der Waals surface area contributed by atoms with Gasteiger partial charge in [-0.05, 0) is 55.5 Å². The van der Waals surface area contributed by atoms with Crippen LogP contribution in [0.2, 0.25) is 0 Å². The zero-order chi connectivity index (χ0) is 17.4. The van der Waals surface area contributed by atoms with E-state index in [2.05, 4.69) is 34.0 Å². The molecule has 0 unspecified atom stereocenters. The number of nitrogens with zero attached hydrogens (tertiary/aromatic N) is 1. The van der Waals surface area contributed by atoms with Gasteiger partial charge in [0.15, 0.2) is 17.5 Å². The van der Waals surface area contributed by atoms with Crippen LogP contribution in [-0.2, 0) is 13.1 Å². The van der Waals surface area contributed by atoms with E-state index < -0.39 is 0 Å². The summed E-state index contributed by atoms with van der Waals surface area (Å²) in [6.45, 7) is 8.64. The van der Waals surface area contributed by atoms with Crippen LogP contribution >= 0.6 is 11.3 Å². The maximum atomic E-state index is 9.76. The smallest absolute Gasteiger partial charge is 0.191 e. The first-order valence-electron chi connectivity index (χ1n) is 8.13. The summed E-state index contributed by atoms with van der Waals surface area (Å²) >= 11 is 1.74. The third-order valence-corrected chi connectivity index (χ3v) is 4.50. The zero-order valence-electron chi connectivity index (χ0n) is 14.4. The number of nitrogens with one attached hydrogen (secondary N) is 2. The molecule has 0 aliphatic rings. The van der Waals surface area contributed by atoms with Crippen molar-refractivity contribution in [3.8, 4) is 11.5 Å². The standard InChI is InChI=1S/C18H25N3O2S/c1-4-19-18(21-12-17-13(3)8-9-24-17)20-11-14-6-7-15(22)16(10-14)23-5-2/h6-10,22H,4-5,11-12H2,1-3H3,(H2,19,20,21). The van der Waals surface area contributed by atoms with Crippen LogP contribution < -0.4 is 15.4 Å². The average molecular weight is 347 g/mol. The number of phenolic OH excluding ortho intramolecular Hbond substituents is 1. The van der Waals surface area contributed by atoms with E-state index in [9.17, 15) is 5.11 Å². The van der Waals surface area contributed by atoms with Crippen molar-refractivity contribution in [2.45, 2.75) is 33.9 Å².